The number of halogens is 3. The van der Waals surface area contributed by atoms with Crippen LogP contribution in [0.4, 0.5) is 18.0 Å². The molecular weight excluding hydrogens is 173 g/mol. The van der Waals surface area contributed by atoms with Crippen LogP contribution in [0.5, 0.6) is 0 Å². The summed E-state index contributed by atoms with van der Waals surface area (Å²) in [5.74, 6) is 0. The highest BCUT2D eigenvalue weighted by atomic mass is 19.3. The average molecular weight is 183 g/mol. The van der Waals surface area contributed by atoms with Crippen LogP contribution in [0, 0.1) is 0 Å². The van der Waals surface area contributed by atoms with Crippen molar-refractivity contribution in [1.29, 1.82) is 0 Å². The summed E-state index contributed by atoms with van der Waals surface area (Å²) in [6.07, 6.45) is 0. The smallest absolute Gasteiger partial charge is 0.265 e. The Hall–Kier alpha value is -0.940. The van der Waals surface area contributed by atoms with Crippen molar-refractivity contribution in [3.8, 4) is 0 Å². The fraction of sp³-hybridized carbons (Fsp3) is 0.833. The molecule has 0 aromatic carbocycles. The van der Waals surface area contributed by atoms with Gasteiger partial charge in [-0.15, -0.1) is 0 Å². The van der Waals surface area contributed by atoms with Gasteiger partial charge in [-0.3, -0.25) is 4.90 Å². The molecule has 0 unspecified atom stereocenters. The summed E-state index contributed by atoms with van der Waals surface area (Å²) in [6.45, 7) is -0.265. The van der Waals surface area contributed by atoms with Gasteiger partial charge in [-0.1, -0.05) is 0 Å². The van der Waals surface area contributed by atoms with Gasteiger partial charge in [0.2, 0.25) is 0 Å². The molecule has 0 aliphatic rings. The first-order valence-corrected chi connectivity index (χ1v) is 3.34. The van der Waals surface area contributed by atoms with Crippen LogP contribution in [0.15, 0.2) is 0 Å². The van der Waals surface area contributed by atoms with Gasteiger partial charge in [-0.25, -0.2) is 14.5 Å². The molecule has 0 spiro atoms. The Labute approximate surface area is 68.5 Å². The van der Waals surface area contributed by atoms with Crippen molar-refractivity contribution in [2.45, 2.75) is 13.0 Å². The van der Waals surface area contributed by atoms with Crippen LogP contribution in [0.2, 0.25) is 0 Å². The first-order chi connectivity index (χ1) is 5.45. The number of carbonyl (C=O) groups excluding carboxylic acids is 1. The van der Waals surface area contributed by atoms with E-state index in [1.807, 2.05) is 0 Å². The second-order valence-corrected chi connectivity index (χ2v) is 2.12. The minimum absolute atomic E-state index is 0.0174. The van der Waals surface area contributed by atoms with Crippen molar-refractivity contribution in [3.05, 3.63) is 0 Å². The molecule has 0 rings (SSSR count). The standard InChI is InChI=1S/C6H10F3N2O/c1-3-10-5(12)11(2)6(8,9)4-7/h3-4H2,1-2H3. The summed E-state index contributed by atoms with van der Waals surface area (Å²) >= 11 is 0. The van der Waals surface area contributed by atoms with Gasteiger partial charge in [0.15, 0.2) is 6.67 Å². The van der Waals surface area contributed by atoms with E-state index in [0.29, 0.717) is 0 Å². The van der Waals surface area contributed by atoms with E-state index >= 15 is 0 Å². The molecule has 0 N–H and O–H groups in total. The molecule has 3 nitrogen and oxygen atoms in total. The first kappa shape index (κ1) is 11.1. The third kappa shape index (κ3) is 2.60. The molecule has 71 valence electrons. The summed E-state index contributed by atoms with van der Waals surface area (Å²) in [5.41, 5.74) is 0. The Balaban J connectivity index is 4.17. The number of rotatable bonds is 3. The number of hydrogen-bond acceptors (Lipinski definition) is 1. The Kier molecular flexibility index (Phi) is 3.85. The molecule has 0 atom stereocenters. The maximum absolute atomic E-state index is 12.4. The Morgan fingerprint density at radius 2 is 2.08 bits per heavy atom. The maximum Gasteiger partial charge on any atom is 0.357 e. The molecule has 0 saturated carbocycles. The van der Waals surface area contributed by atoms with Crippen molar-refractivity contribution < 1.29 is 18.0 Å². The quantitative estimate of drug-likeness (QED) is 0.606. The van der Waals surface area contributed by atoms with E-state index in [0.717, 1.165) is 7.05 Å². The molecule has 0 aromatic rings. The molecule has 0 fully saturated rings. The van der Waals surface area contributed by atoms with Crippen molar-refractivity contribution >= 4 is 6.03 Å². The minimum atomic E-state index is -3.75. The van der Waals surface area contributed by atoms with E-state index in [1.54, 1.807) is 0 Å². The number of nitrogens with zero attached hydrogens (tertiary/aromatic N) is 2. The fourth-order valence-corrected chi connectivity index (χ4v) is 0.471. The van der Waals surface area contributed by atoms with Gasteiger partial charge in [0.05, 0.1) is 0 Å². The van der Waals surface area contributed by atoms with Crippen molar-refractivity contribution in [2.24, 2.45) is 0 Å². The summed E-state index contributed by atoms with van der Waals surface area (Å²) in [6, 6.07) is -4.87. The highest BCUT2D eigenvalue weighted by molar-refractivity contribution is 5.73. The molecule has 2 amide bonds. The van der Waals surface area contributed by atoms with E-state index in [4.69, 9.17) is 0 Å². The third-order valence-corrected chi connectivity index (χ3v) is 1.23. The largest absolute Gasteiger partial charge is 0.357 e. The topological polar surface area (TPSA) is 34.4 Å². The van der Waals surface area contributed by atoms with Gasteiger partial charge < -0.3 is 0 Å². The van der Waals surface area contributed by atoms with Gasteiger partial charge in [0.25, 0.3) is 0 Å². The molecule has 12 heavy (non-hydrogen) atoms. The van der Waals surface area contributed by atoms with Gasteiger partial charge in [-0.2, -0.15) is 8.78 Å². The lowest BCUT2D eigenvalue weighted by molar-refractivity contribution is -0.122. The lowest BCUT2D eigenvalue weighted by Crippen LogP contribution is -2.47. The second kappa shape index (κ2) is 4.18. The average Bonchev–Trinajstić information content (AvgIpc) is 2.03. The first-order valence-electron chi connectivity index (χ1n) is 3.34. The highest BCUT2D eigenvalue weighted by Crippen LogP contribution is 2.18. The van der Waals surface area contributed by atoms with Crippen molar-refractivity contribution in [1.82, 2.24) is 10.2 Å². The van der Waals surface area contributed by atoms with Crippen LogP contribution in [0.1, 0.15) is 6.92 Å². The maximum atomic E-state index is 12.4. The zero-order chi connectivity index (χ0) is 9.78. The molecule has 1 radical (unpaired) electrons. The molecule has 6 heteroatoms. The van der Waals surface area contributed by atoms with Crippen molar-refractivity contribution in [3.63, 3.8) is 0 Å². The summed E-state index contributed by atoms with van der Waals surface area (Å²) in [7, 11) is 0.807. The number of amides is 2. The highest BCUT2D eigenvalue weighted by Gasteiger charge is 2.38. The van der Waals surface area contributed by atoms with Gasteiger partial charge in [0.1, 0.15) is 0 Å². The van der Waals surface area contributed by atoms with Gasteiger partial charge >= 0.3 is 12.1 Å². The third-order valence-electron chi connectivity index (χ3n) is 1.23. The SMILES string of the molecule is CC[N]C(=O)N(C)C(F)(F)CF. The number of carbonyl (C=O) groups is 1. The summed E-state index contributed by atoms with van der Waals surface area (Å²) < 4.78 is 36.4. The zero-order valence-electron chi connectivity index (χ0n) is 6.85. The van der Waals surface area contributed by atoms with Crippen molar-refractivity contribution in [2.75, 3.05) is 20.3 Å². The van der Waals surface area contributed by atoms with Gasteiger partial charge in [-0.05, 0) is 6.92 Å². The molecule has 0 aromatic heterocycles. The molecule has 0 heterocycles. The van der Waals surface area contributed by atoms with Gasteiger partial charge in [0, 0.05) is 13.6 Å². The molecule has 0 bridgehead atoms. The van der Waals surface area contributed by atoms with E-state index in [9.17, 15) is 18.0 Å². The van der Waals surface area contributed by atoms with Crippen LogP contribution in [-0.4, -0.2) is 37.2 Å². The minimum Gasteiger partial charge on any atom is -0.265 e. The van der Waals surface area contributed by atoms with E-state index in [-0.39, 0.29) is 11.4 Å². The van der Waals surface area contributed by atoms with E-state index in [2.05, 4.69) is 5.32 Å². The zero-order valence-corrected chi connectivity index (χ0v) is 6.85. The fourth-order valence-electron chi connectivity index (χ4n) is 0.471. The Morgan fingerprint density at radius 1 is 1.58 bits per heavy atom. The van der Waals surface area contributed by atoms with Crippen LogP contribution in [-0.2, 0) is 0 Å². The van der Waals surface area contributed by atoms with Crippen LogP contribution in [0.25, 0.3) is 0 Å². The summed E-state index contributed by atoms with van der Waals surface area (Å²) in [4.78, 5) is 10.6. The predicted octanol–water partition coefficient (Wildman–Crippen LogP) is 1.22. The van der Waals surface area contributed by atoms with E-state index in [1.165, 1.54) is 6.92 Å². The monoisotopic (exact) mass is 183 g/mol. The number of urea groups is 1. The molecule has 0 saturated heterocycles. The number of alkyl halides is 3. The van der Waals surface area contributed by atoms with Crippen LogP contribution < -0.4 is 5.32 Å². The molecular formula is C6H10F3N2O. The Morgan fingerprint density at radius 3 is 2.42 bits per heavy atom. The Bertz CT molecular complexity index is 163. The lowest BCUT2D eigenvalue weighted by atomic mass is 10.5. The van der Waals surface area contributed by atoms with Crippen LogP contribution >= 0.6 is 0 Å². The molecule has 0 aliphatic heterocycles. The van der Waals surface area contributed by atoms with Crippen LogP contribution in [0.3, 0.4) is 0 Å². The second-order valence-electron chi connectivity index (χ2n) is 2.12. The number of hydrogen-bond donors (Lipinski definition) is 0. The normalized spacial score (nSPS) is 11.1. The van der Waals surface area contributed by atoms with E-state index < -0.39 is 18.8 Å². The predicted molar refractivity (Wildman–Crippen MR) is 36.8 cm³/mol. The summed E-state index contributed by atoms with van der Waals surface area (Å²) in [5, 5.41) is 3.18. The lowest BCUT2D eigenvalue weighted by Gasteiger charge is -2.23. The molecule has 0 aliphatic carbocycles.